The lowest BCUT2D eigenvalue weighted by Crippen LogP contribution is -2.47. The predicted octanol–water partition coefficient (Wildman–Crippen LogP) is 2.60. The number of hydrogen-bond donors (Lipinski definition) is 3. The van der Waals surface area contributed by atoms with Crippen LogP contribution in [0, 0.1) is 5.82 Å². The Bertz CT molecular complexity index is 1250. The number of halogens is 1. The second-order valence-corrected chi connectivity index (χ2v) is 8.10. The quantitative estimate of drug-likeness (QED) is 0.472. The Hall–Kier alpha value is -4.25. The number of methoxy groups -OCH3 is 1. The van der Waals surface area contributed by atoms with Crippen LogP contribution in [0.15, 0.2) is 48.7 Å². The second kappa shape index (κ2) is 10.3. The summed E-state index contributed by atoms with van der Waals surface area (Å²) in [5.41, 5.74) is 7.08. The number of carbonyl (C=O) groups is 2. The molecule has 11 heteroatoms. The van der Waals surface area contributed by atoms with E-state index in [1.54, 1.807) is 30.3 Å². The summed E-state index contributed by atoms with van der Waals surface area (Å²) in [6, 6.07) is 11.5. The molecule has 1 fully saturated rings. The van der Waals surface area contributed by atoms with Gasteiger partial charge in [-0.15, -0.1) is 0 Å². The predicted molar refractivity (Wildman–Crippen MR) is 130 cm³/mol. The first-order chi connectivity index (χ1) is 16.8. The van der Waals surface area contributed by atoms with Gasteiger partial charge in [0.05, 0.1) is 19.0 Å². The molecule has 0 radical (unpaired) electrons. The first-order valence-corrected chi connectivity index (χ1v) is 11.0. The van der Waals surface area contributed by atoms with Crippen LogP contribution in [-0.4, -0.2) is 71.9 Å². The summed E-state index contributed by atoms with van der Waals surface area (Å²) >= 11 is 0. The van der Waals surface area contributed by atoms with E-state index in [-0.39, 0.29) is 23.2 Å². The molecule has 2 amide bonds. The number of likely N-dealkylation sites (N-methyl/N-ethyl adjacent to an activating group) is 1. The van der Waals surface area contributed by atoms with Gasteiger partial charge in [0.1, 0.15) is 5.75 Å². The highest BCUT2D eigenvalue weighted by Crippen LogP contribution is 2.29. The SMILES string of the molecule is COc1cc(C(N)=O)ccc1Nc1nc(Nc2cccc(C(=O)N3CCN(C)CC3)c2)ncc1F. The minimum Gasteiger partial charge on any atom is -0.495 e. The van der Waals surface area contributed by atoms with Crippen molar-refractivity contribution in [1.29, 1.82) is 0 Å². The number of nitrogens with two attached hydrogens (primary N) is 1. The molecule has 0 spiro atoms. The summed E-state index contributed by atoms with van der Waals surface area (Å²) in [6.07, 6.45) is 1.03. The summed E-state index contributed by atoms with van der Waals surface area (Å²) in [4.78, 5) is 36.5. The summed E-state index contributed by atoms with van der Waals surface area (Å²) in [5.74, 6) is -1.01. The molecule has 4 N–H and O–H groups in total. The number of anilines is 4. The molecular weight excluding hydrogens is 453 g/mol. The van der Waals surface area contributed by atoms with Crippen molar-refractivity contribution >= 4 is 35.0 Å². The number of nitrogens with one attached hydrogen (secondary N) is 2. The monoisotopic (exact) mass is 479 g/mol. The fraction of sp³-hybridized carbons (Fsp3) is 0.250. The molecule has 1 aliphatic heterocycles. The van der Waals surface area contributed by atoms with Crippen molar-refractivity contribution in [2.24, 2.45) is 5.73 Å². The number of primary amides is 1. The molecule has 0 bridgehead atoms. The van der Waals surface area contributed by atoms with E-state index >= 15 is 0 Å². The van der Waals surface area contributed by atoms with Crippen LogP contribution in [0.5, 0.6) is 5.75 Å². The van der Waals surface area contributed by atoms with Crippen molar-refractivity contribution in [3.8, 4) is 5.75 Å². The minimum atomic E-state index is -0.685. The van der Waals surface area contributed by atoms with Gasteiger partial charge in [0.2, 0.25) is 11.9 Å². The Morgan fingerprint density at radius 1 is 1.06 bits per heavy atom. The number of piperazine rings is 1. The van der Waals surface area contributed by atoms with Gasteiger partial charge in [-0.2, -0.15) is 4.98 Å². The number of ether oxygens (including phenoxy) is 1. The van der Waals surface area contributed by atoms with Crippen molar-refractivity contribution in [2.45, 2.75) is 0 Å². The van der Waals surface area contributed by atoms with Gasteiger partial charge in [-0.25, -0.2) is 9.37 Å². The fourth-order valence-electron chi connectivity index (χ4n) is 3.64. The van der Waals surface area contributed by atoms with E-state index in [2.05, 4.69) is 25.5 Å². The zero-order valence-electron chi connectivity index (χ0n) is 19.4. The highest BCUT2D eigenvalue weighted by Gasteiger charge is 2.20. The lowest BCUT2D eigenvalue weighted by atomic mass is 10.1. The van der Waals surface area contributed by atoms with Crippen molar-refractivity contribution in [2.75, 3.05) is 51.0 Å². The van der Waals surface area contributed by atoms with Gasteiger partial charge in [-0.05, 0) is 43.4 Å². The van der Waals surface area contributed by atoms with E-state index in [1.165, 1.54) is 19.2 Å². The number of carbonyl (C=O) groups excluding carboxylic acids is 2. The van der Waals surface area contributed by atoms with Gasteiger partial charge < -0.3 is 30.9 Å². The van der Waals surface area contributed by atoms with E-state index in [1.807, 2.05) is 11.9 Å². The van der Waals surface area contributed by atoms with Crippen LogP contribution in [0.3, 0.4) is 0 Å². The first-order valence-electron chi connectivity index (χ1n) is 11.0. The summed E-state index contributed by atoms with van der Waals surface area (Å²) < 4.78 is 19.7. The maximum absolute atomic E-state index is 14.5. The zero-order chi connectivity index (χ0) is 24.9. The first kappa shape index (κ1) is 23.9. The van der Waals surface area contributed by atoms with Gasteiger partial charge >= 0.3 is 0 Å². The molecular formula is C24H26FN7O3. The molecule has 0 unspecified atom stereocenters. The Balaban J connectivity index is 1.51. The number of amides is 2. The molecule has 4 rings (SSSR count). The Morgan fingerprint density at radius 2 is 1.83 bits per heavy atom. The molecule has 10 nitrogen and oxygen atoms in total. The van der Waals surface area contributed by atoms with E-state index in [0.29, 0.717) is 35.8 Å². The van der Waals surface area contributed by atoms with Crippen molar-refractivity contribution in [1.82, 2.24) is 19.8 Å². The molecule has 3 aromatic rings. The molecule has 2 heterocycles. The third-order valence-electron chi connectivity index (χ3n) is 5.64. The number of aromatic nitrogens is 2. The molecule has 2 aromatic carbocycles. The second-order valence-electron chi connectivity index (χ2n) is 8.10. The summed E-state index contributed by atoms with van der Waals surface area (Å²) in [6.45, 7) is 3.01. The van der Waals surface area contributed by atoms with E-state index in [9.17, 15) is 14.0 Å². The maximum Gasteiger partial charge on any atom is 0.254 e. The third-order valence-corrected chi connectivity index (χ3v) is 5.64. The van der Waals surface area contributed by atoms with E-state index < -0.39 is 11.7 Å². The molecule has 1 aliphatic rings. The smallest absolute Gasteiger partial charge is 0.254 e. The molecule has 1 saturated heterocycles. The van der Waals surface area contributed by atoms with Crippen molar-refractivity contribution < 1.29 is 18.7 Å². The number of benzene rings is 2. The summed E-state index contributed by atoms with van der Waals surface area (Å²) in [7, 11) is 3.45. The van der Waals surface area contributed by atoms with Crippen molar-refractivity contribution in [3.63, 3.8) is 0 Å². The van der Waals surface area contributed by atoms with Gasteiger partial charge in [-0.3, -0.25) is 9.59 Å². The number of nitrogens with zero attached hydrogens (tertiary/aromatic N) is 4. The van der Waals surface area contributed by atoms with Gasteiger partial charge in [0.15, 0.2) is 11.6 Å². The third kappa shape index (κ3) is 5.64. The van der Waals surface area contributed by atoms with E-state index in [0.717, 1.165) is 19.3 Å². The highest BCUT2D eigenvalue weighted by atomic mass is 19.1. The molecule has 1 aromatic heterocycles. The lowest BCUT2D eigenvalue weighted by Gasteiger charge is -2.32. The largest absolute Gasteiger partial charge is 0.495 e. The Kier molecular flexibility index (Phi) is 7.06. The fourth-order valence-corrected chi connectivity index (χ4v) is 3.64. The van der Waals surface area contributed by atoms with Crippen LogP contribution in [-0.2, 0) is 0 Å². The van der Waals surface area contributed by atoms with Gasteiger partial charge in [0, 0.05) is 43.0 Å². The molecule has 35 heavy (non-hydrogen) atoms. The maximum atomic E-state index is 14.5. The summed E-state index contributed by atoms with van der Waals surface area (Å²) in [5, 5.41) is 5.87. The number of hydrogen-bond acceptors (Lipinski definition) is 8. The molecule has 0 saturated carbocycles. The van der Waals surface area contributed by atoms with Crippen LogP contribution in [0.4, 0.5) is 27.5 Å². The normalized spacial score (nSPS) is 13.9. The minimum absolute atomic E-state index is 0.0457. The topological polar surface area (TPSA) is 126 Å². The Labute approximate surface area is 201 Å². The molecule has 182 valence electrons. The van der Waals surface area contributed by atoms with Crippen LogP contribution in [0.2, 0.25) is 0 Å². The lowest BCUT2D eigenvalue weighted by molar-refractivity contribution is 0.0664. The molecule has 0 aliphatic carbocycles. The van der Waals surface area contributed by atoms with Crippen molar-refractivity contribution in [3.05, 3.63) is 65.6 Å². The average Bonchev–Trinajstić information content (AvgIpc) is 2.86. The van der Waals surface area contributed by atoms with Crippen LogP contribution in [0.25, 0.3) is 0 Å². The molecule has 0 atom stereocenters. The average molecular weight is 480 g/mol. The van der Waals surface area contributed by atoms with Crippen LogP contribution < -0.4 is 21.1 Å². The number of rotatable bonds is 7. The van der Waals surface area contributed by atoms with Crippen LogP contribution >= 0.6 is 0 Å². The Morgan fingerprint density at radius 3 is 2.54 bits per heavy atom. The van der Waals surface area contributed by atoms with Gasteiger partial charge in [0.25, 0.3) is 5.91 Å². The standard InChI is InChI=1S/C24H26FN7O3/c1-31-8-10-32(11-9-31)23(34)16-4-3-5-17(12-16)28-24-27-14-18(25)22(30-24)29-19-7-6-15(21(26)33)13-20(19)35-2/h3-7,12-14H,8-11H2,1-2H3,(H2,26,33)(H2,27,28,29,30). The van der Waals surface area contributed by atoms with Gasteiger partial charge in [-0.1, -0.05) is 6.07 Å². The highest BCUT2D eigenvalue weighted by molar-refractivity contribution is 5.95. The van der Waals surface area contributed by atoms with E-state index in [4.69, 9.17) is 10.5 Å². The zero-order valence-corrected chi connectivity index (χ0v) is 19.4. The van der Waals surface area contributed by atoms with Crippen LogP contribution in [0.1, 0.15) is 20.7 Å².